The summed E-state index contributed by atoms with van der Waals surface area (Å²) < 4.78 is 0. The van der Waals surface area contributed by atoms with Crippen LogP contribution in [0.3, 0.4) is 0 Å². The largest absolute Gasteiger partial charge is 0.291 e. The Balaban J connectivity index is 2.69. The highest BCUT2D eigenvalue weighted by Gasteiger charge is 1.98. The van der Waals surface area contributed by atoms with Crippen LogP contribution in [0.25, 0.3) is 0 Å². The molecule has 18 heavy (non-hydrogen) atoms. The molecule has 1 rings (SSSR count). The lowest BCUT2D eigenvalue weighted by atomic mass is 10.1. The van der Waals surface area contributed by atoms with Crippen LogP contribution in [0.1, 0.15) is 45.1 Å². The van der Waals surface area contributed by atoms with Gasteiger partial charge in [0.05, 0.1) is 5.71 Å². The van der Waals surface area contributed by atoms with Gasteiger partial charge < -0.3 is 0 Å². The summed E-state index contributed by atoms with van der Waals surface area (Å²) in [6.07, 6.45) is 6.58. The molecule has 1 aromatic rings. The van der Waals surface area contributed by atoms with Gasteiger partial charge in [0.25, 0.3) is 0 Å². The minimum Gasteiger partial charge on any atom is -0.291 e. The van der Waals surface area contributed by atoms with Gasteiger partial charge in [0, 0.05) is 24.9 Å². The van der Waals surface area contributed by atoms with Crippen LogP contribution in [0.5, 0.6) is 0 Å². The van der Waals surface area contributed by atoms with Gasteiger partial charge in [-0.15, -0.1) is 0 Å². The van der Waals surface area contributed by atoms with E-state index in [1.807, 2.05) is 24.4 Å². The zero-order valence-corrected chi connectivity index (χ0v) is 11.6. The van der Waals surface area contributed by atoms with Gasteiger partial charge in [0.2, 0.25) is 0 Å². The Morgan fingerprint density at radius 3 is 2.33 bits per heavy atom. The van der Waals surface area contributed by atoms with Crippen LogP contribution in [0.4, 0.5) is 0 Å². The summed E-state index contributed by atoms with van der Waals surface area (Å²) in [7, 11) is 0. The predicted molar refractivity (Wildman–Crippen MR) is 81.0 cm³/mol. The van der Waals surface area contributed by atoms with Crippen molar-refractivity contribution in [3.8, 4) is 0 Å². The maximum absolute atomic E-state index is 4.65. The fraction of sp³-hybridized carbons (Fsp3) is 0.500. The first-order valence-electron chi connectivity index (χ1n) is 6.98. The molecule has 2 nitrogen and oxygen atoms in total. The molecule has 98 valence electrons. The lowest BCUT2D eigenvalue weighted by Crippen LogP contribution is -2.04. The van der Waals surface area contributed by atoms with Gasteiger partial charge in [0.15, 0.2) is 0 Å². The van der Waals surface area contributed by atoms with Crippen molar-refractivity contribution in [1.29, 1.82) is 0 Å². The average Bonchev–Trinajstić information content (AvgIpc) is 2.42. The van der Waals surface area contributed by atoms with Crippen molar-refractivity contribution >= 4 is 11.9 Å². The average molecular weight is 244 g/mol. The van der Waals surface area contributed by atoms with E-state index in [1.54, 1.807) is 0 Å². The summed E-state index contributed by atoms with van der Waals surface area (Å²) in [5.41, 5.74) is 2.18. The van der Waals surface area contributed by atoms with E-state index in [0.29, 0.717) is 0 Å². The van der Waals surface area contributed by atoms with Crippen LogP contribution in [0.2, 0.25) is 0 Å². The van der Waals surface area contributed by atoms with Crippen LogP contribution >= 0.6 is 0 Å². The van der Waals surface area contributed by atoms with Crippen molar-refractivity contribution in [2.24, 2.45) is 9.98 Å². The Kier molecular flexibility index (Phi) is 7.78. The normalized spacial score (nSPS) is 12.2. The van der Waals surface area contributed by atoms with E-state index in [4.69, 9.17) is 0 Å². The van der Waals surface area contributed by atoms with Crippen LogP contribution in [0.15, 0.2) is 40.3 Å². The van der Waals surface area contributed by atoms with Crippen molar-refractivity contribution in [3.63, 3.8) is 0 Å². The molecule has 0 aliphatic heterocycles. The van der Waals surface area contributed by atoms with Crippen LogP contribution in [-0.2, 0) is 0 Å². The number of hydrogen-bond donors (Lipinski definition) is 0. The molecule has 0 spiro atoms. The molecule has 1 aromatic carbocycles. The quantitative estimate of drug-likeness (QED) is 0.485. The van der Waals surface area contributed by atoms with E-state index >= 15 is 0 Å². The molecule has 0 radical (unpaired) electrons. The second kappa shape index (κ2) is 9.58. The molecule has 0 aromatic heterocycles. The summed E-state index contributed by atoms with van der Waals surface area (Å²) in [5.74, 6) is 0. The Bertz CT molecular complexity index is 366. The number of rotatable bonds is 8. The van der Waals surface area contributed by atoms with Crippen LogP contribution in [-0.4, -0.2) is 25.0 Å². The molecule has 2 heteroatoms. The third kappa shape index (κ3) is 5.76. The van der Waals surface area contributed by atoms with Gasteiger partial charge in [-0.1, -0.05) is 57.0 Å². The number of unbranched alkanes of at least 4 members (excludes halogenated alkanes) is 2. The molecule has 0 saturated carbocycles. The Labute approximate surface area is 111 Å². The summed E-state index contributed by atoms with van der Waals surface area (Å²) in [6, 6.07) is 10.3. The molecule has 0 saturated heterocycles. The van der Waals surface area contributed by atoms with E-state index in [0.717, 1.165) is 37.2 Å². The molecule has 0 aliphatic carbocycles. The molecular weight excluding hydrogens is 220 g/mol. The van der Waals surface area contributed by atoms with Crippen molar-refractivity contribution in [2.45, 2.75) is 39.5 Å². The van der Waals surface area contributed by atoms with E-state index in [2.05, 4.69) is 36.0 Å². The molecule has 0 amide bonds. The highest BCUT2D eigenvalue weighted by Crippen LogP contribution is 2.01. The monoisotopic (exact) mass is 244 g/mol. The van der Waals surface area contributed by atoms with E-state index in [9.17, 15) is 0 Å². The highest BCUT2D eigenvalue weighted by molar-refractivity contribution is 6.38. The number of hydrogen-bond acceptors (Lipinski definition) is 2. The number of aliphatic imine (C=N–C) groups is 2. The summed E-state index contributed by atoms with van der Waals surface area (Å²) in [6.45, 7) is 6.16. The Morgan fingerprint density at radius 2 is 1.67 bits per heavy atom. The second-order valence-electron chi connectivity index (χ2n) is 4.38. The SMILES string of the molecule is CCCCN=CC(=NCCCC)c1ccccc1. The lowest BCUT2D eigenvalue weighted by molar-refractivity contribution is 0.807. The van der Waals surface area contributed by atoms with Gasteiger partial charge in [-0.25, -0.2) is 0 Å². The van der Waals surface area contributed by atoms with Gasteiger partial charge in [-0.05, 0) is 12.8 Å². The van der Waals surface area contributed by atoms with Gasteiger partial charge in [0.1, 0.15) is 0 Å². The molecule has 0 fully saturated rings. The van der Waals surface area contributed by atoms with Crippen LogP contribution < -0.4 is 0 Å². The predicted octanol–water partition coefficient (Wildman–Crippen LogP) is 4.15. The highest BCUT2D eigenvalue weighted by atomic mass is 14.8. The molecule has 0 bridgehead atoms. The zero-order chi connectivity index (χ0) is 13.1. The number of benzene rings is 1. The fourth-order valence-corrected chi connectivity index (χ4v) is 1.57. The Hall–Kier alpha value is -1.44. The summed E-state index contributed by atoms with van der Waals surface area (Å²) in [5, 5.41) is 0. The van der Waals surface area contributed by atoms with Gasteiger partial charge in [-0.2, -0.15) is 0 Å². The summed E-state index contributed by atoms with van der Waals surface area (Å²) in [4.78, 5) is 9.11. The van der Waals surface area contributed by atoms with E-state index in [1.165, 1.54) is 12.8 Å². The minimum absolute atomic E-state index is 0.889. The van der Waals surface area contributed by atoms with Crippen molar-refractivity contribution < 1.29 is 0 Å². The lowest BCUT2D eigenvalue weighted by Gasteiger charge is -2.01. The third-order valence-electron chi connectivity index (χ3n) is 2.72. The molecule has 0 atom stereocenters. The standard InChI is InChI=1S/C16H24N2/c1-3-5-12-17-14-16(18-13-6-4-2)15-10-8-7-9-11-15/h7-11,14H,3-6,12-13H2,1-2H3. The van der Waals surface area contributed by atoms with Crippen molar-refractivity contribution in [3.05, 3.63) is 35.9 Å². The third-order valence-corrected chi connectivity index (χ3v) is 2.72. The first-order valence-corrected chi connectivity index (χ1v) is 6.98. The minimum atomic E-state index is 0.889. The maximum Gasteiger partial charge on any atom is 0.0824 e. The Morgan fingerprint density at radius 1 is 1.00 bits per heavy atom. The topological polar surface area (TPSA) is 24.7 Å². The first-order chi connectivity index (χ1) is 8.88. The first kappa shape index (κ1) is 14.6. The molecule has 0 heterocycles. The van der Waals surface area contributed by atoms with E-state index in [-0.39, 0.29) is 0 Å². The maximum atomic E-state index is 4.65. The van der Waals surface area contributed by atoms with Crippen molar-refractivity contribution in [1.82, 2.24) is 0 Å². The zero-order valence-electron chi connectivity index (χ0n) is 11.6. The molecule has 0 unspecified atom stereocenters. The van der Waals surface area contributed by atoms with Gasteiger partial charge in [-0.3, -0.25) is 9.98 Å². The second-order valence-corrected chi connectivity index (χ2v) is 4.38. The van der Waals surface area contributed by atoms with Crippen molar-refractivity contribution in [2.75, 3.05) is 13.1 Å². The number of nitrogens with zero attached hydrogens (tertiary/aromatic N) is 2. The molecule has 0 aliphatic rings. The smallest absolute Gasteiger partial charge is 0.0824 e. The van der Waals surface area contributed by atoms with Crippen LogP contribution in [0, 0.1) is 0 Å². The summed E-state index contributed by atoms with van der Waals surface area (Å²) >= 11 is 0. The van der Waals surface area contributed by atoms with E-state index < -0.39 is 0 Å². The molecular formula is C16H24N2. The van der Waals surface area contributed by atoms with Gasteiger partial charge >= 0.3 is 0 Å². The fourth-order valence-electron chi connectivity index (χ4n) is 1.57. The molecule has 0 N–H and O–H groups in total.